The van der Waals surface area contributed by atoms with Gasteiger partial charge in [0.05, 0.1) is 5.71 Å². The average molecular weight is 176 g/mol. The molecule has 0 unspecified atom stereocenters. The highest BCUT2D eigenvalue weighted by molar-refractivity contribution is 6.01. The zero-order chi connectivity index (χ0) is 9.68. The monoisotopic (exact) mass is 176 g/mol. The third kappa shape index (κ3) is 2.58. The van der Waals surface area contributed by atoms with E-state index < -0.39 is 0 Å². The number of hydrogen-bond acceptors (Lipinski definition) is 2. The molecular weight excluding hydrogens is 162 g/mol. The van der Waals surface area contributed by atoms with Crippen LogP contribution in [-0.2, 0) is 4.84 Å². The van der Waals surface area contributed by atoms with Crippen molar-refractivity contribution in [2.75, 3.05) is 7.11 Å². The molecule has 0 heterocycles. The van der Waals surface area contributed by atoms with Crippen LogP contribution in [0.3, 0.4) is 0 Å². The van der Waals surface area contributed by atoms with E-state index in [1.54, 1.807) is 7.11 Å². The van der Waals surface area contributed by atoms with Gasteiger partial charge in [0, 0.05) is 5.56 Å². The molecule has 0 bridgehead atoms. The molecule has 0 atom stereocenters. The SMILES string of the molecule is CO/N=C(/c1c[c]ccc1)C(C)C. The molecule has 0 aliphatic heterocycles. The first-order valence-corrected chi connectivity index (χ1v) is 4.33. The van der Waals surface area contributed by atoms with Crippen molar-refractivity contribution in [2.45, 2.75) is 13.8 Å². The van der Waals surface area contributed by atoms with E-state index in [1.165, 1.54) is 0 Å². The van der Waals surface area contributed by atoms with Gasteiger partial charge in [-0.2, -0.15) is 0 Å². The van der Waals surface area contributed by atoms with Gasteiger partial charge in [-0.1, -0.05) is 37.2 Å². The smallest absolute Gasteiger partial charge is 0.106 e. The Morgan fingerprint density at radius 3 is 2.77 bits per heavy atom. The number of benzene rings is 1. The summed E-state index contributed by atoms with van der Waals surface area (Å²) in [5.41, 5.74) is 2.03. The first kappa shape index (κ1) is 9.78. The Morgan fingerprint density at radius 1 is 1.54 bits per heavy atom. The molecule has 2 heteroatoms. The fraction of sp³-hybridized carbons (Fsp3) is 0.364. The Hall–Kier alpha value is -1.31. The summed E-state index contributed by atoms with van der Waals surface area (Å²) in [7, 11) is 1.56. The first-order valence-electron chi connectivity index (χ1n) is 4.33. The molecule has 0 amide bonds. The molecule has 0 spiro atoms. The van der Waals surface area contributed by atoms with E-state index in [-0.39, 0.29) is 0 Å². The fourth-order valence-electron chi connectivity index (χ4n) is 1.14. The van der Waals surface area contributed by atoms with Crippen molar-refractivity contribution in [1.82, 2.24) is 0 Å². The summed E-state index contributed by atoms with van der Waals surface area (Å²) in [6.45, 7) is 4.18. The van der Waals surface area contributed by atoms with Crippen molar-refractivity contribution in [3.05, 3.63) is 35.9 Å². The van der Waals surface area contributed by atoms with E-state index in [2.05, 4.69) is 25.1 Å². The number of oxime groups is 1. The zero-order valence-corrected chi connectivity index (χ0v) is 8.24. The van der Waals surface area contributed by atoms with E-state index in [0.717, 1.165) is 11.3 Å². The van der Waals surface area contributed by atoms with Crippen LogP contribution in [0.2, 0.25) is 0 Å². The molecule has 1 rings (SSSR count). The molecule has 13 heavy (non-hydrogen) atoms. The van der Waals surface area contributed by atoms with E-state index in [4.69, 9.17) is 4.84 Å². The molecule has 2 nitrogen and oxygen atoms in total. The minimum absolute atomic E-state index is 0.357. The predicted octanol–water partition coefficient (Wildman–Crippen LogP) is 2.49. The van der Waals surface area contributed by atoms with Crippen molar-refractivity contribution in [2.24, 2.45) is 11.1 Å². The van der Waals surface area contributed by atoms with Gasteiger partial charge in [-0.25, -0.2) is 0 Å². The second kappa shape index (κ2) is 4.65. The van der Waals surface area contributed by atoms with E-state index in [1.807, 2.05) is 24.3 Å². The van der Waals surface area contributed by atoms with E-state index >= 15 is 0 Å². The highest BCUT2D eigenvalue weighted by Gasteiger charge is 2.07. The van der Waals surface area contributed by atoms with E-state index in [9.17, 15) is 0 Å². The van der Waals surface area contributed by atoms with Crippen molar-refractivity contribution in [1.29, 1.82) is 0 Å². The third-order valence-electron chi connectivity index (χ3n) is 1.74. The minimum atomic E-state index is 0.357. The van der Waals surface area contributed by atoms with Crippen molar-refractivity contribution in [3.63, 3.8) is 0 Å². The molecule has 0 aliphatic carbocycles. The number of rotatable bonds is 3. The van der Waals surface area contributed by atoms with Crippen LogP contribution < -0.4 is 0 Å². The zero-order valence-electron chi connectivity index (χ0n) is 8.24. The Kier molecular flexibility index (Phi) is 3.50. The topological polar surface area (TPSA) is 21.6 Å². The fourth-order valence-corrected chi connectivity index (χ4v) is 1.14. The Bertz CT molecular complexity index is 277. The first-order chi connectivity index (χ1) is 6.25. The summed E-state index contributed by atoms with van der Waals surface area (Å²) < 4.78 is 0. The average Bonchev–Trinajstić information content (AvgIpc) is 2.15. The number of hydrogen-bond donors (Lipinski definition) is 0. The number of nitrogens with zero attached hydrogens (tertiary/aromatic N) is 1. The Labute approximate surface area is 79.2 Å². The Balaban J connectivity index is 2.96. The summed E-state index contributed by atoms with van der Waals surface area (Å²) in [5, 5.41) is 3.99. The van der Waals surface area contributed by atoms with Gasteiger partial charge in [0.1, 0.15) is 7.11 Å². The second-order valence-electron chi connectivity index (χ2n) is 3.11. The molecule has 0 saturated carbocycles. The van der Waals surface area contributed by atoms with Crippen LogP contribution in [0.15, 0.2) is 29.4 Å². The molecule has 0 aliphatic rings. The highest BCUT2D eigenvalue weighted by Crippen LogP contribution is 2.09. The van der Waals surface area contributed by atoms with Crippen molar-refractivity contribution >= 4 is 5.71 Å². The lowest BCUT2D eigenvalue weighted by Gasteiger charge is -2.08. The molecule has 69 valence electrons. The van der Waals surface area contributed by atoms with E-state index in [0.29, 0.717) is 5.92 Å². The lowest BCUT2D eigenvalue weighted by molar-refractivity contribution is 0.212. The Morgan fingerprint density at radius 2 is 2.31 bits per heavy atom. The summed E-state index contributed by atoms with van der Waals surface area (Å²) >= 11 is 0. The van der Waals surface area contributed by atoms with Gasteiger partial charge in [-0.15, -0.1) is 0 Å². The quantitative estimate of drug-likeness (QED) is 0.512. The predicted molar refractivity (Wildman–Crippen MR) is 53.7 cm³/mol. The molecule has 0 saturated heterocycles. The van der Waals surface area contributed by atoms with Crippen LogP contribution in [0.4, 0.5) is 0 Å². The molecule has 1 aromatic carbocycles. The van der Waals surface area contributed by atoms with Crippen molar-refractivity contribution in [3.8, 4) is 0 Å². The lowest BCUT2D eigenvalue weighted by Crippen LogP contribution is -2.09. The van der Waals surface area contributed by atoms with Gasteiger partial charge >= 0.3 is 0 Å². The van der Waals surface area contributed by atoms with Gasteiger partial charge in [-0.05, 0) is 18.1 Å². The van der Waals surface area contributed by atoms with Crippen LogP contribution in [-0.4, -0.2) is 12.8 Å². The largest absolute Gasteiger partial charge is 0.399 e. The maximum Gasteiger partial charge on any atom is 0.106 e. The molecule has 1 aromatic rings. The van der Waals surface area contributed by atoms with Gasteiger partial charge in [0.25, 0.3) is 0 Å². The van der Waals surface area contributed by atoms with Crippen LogP contribution in [0.5, 0.6) is 0 Å². The summed E-state index contributed by atoms with van der Waals surface area (Å²) in [5.74, 6) is 0.357. The maximum absolute atomic E-state index is 4.79. The summed E-state index contributed by atoms with van der Waals surface area (Å²) in [4.78, 5) is 4.79. The molecule has 0 fully saturated rings. The van der Waals surface area contributed by atoms with Crippen molar-refractivity contribution < 1.29 is 4.84 Å². The van der Waals surface area contributed by atoms with Crippen LogP contribution >= 0.6 is 0 Å². The van der Waals surface area contributed by atoms with Crippen LogP contribution in [0.1, 0.15) is 19.4 Å². The van der Waals surface area contributed by atoms with Gasteiger partial charge < -0.3 is 4.84 Å². The van der Waals surface area contributed by atoms with Gasteiger partial charge in [-0.3, -0.25) is 0 Å². The second-order valence-corrected chi connectivity index (χ2v) is 3.11. The van der Waals surface area contributed by atoms with Gasteiger partial charge in [0.15, 0.2) is 0 Å². The molecule has 0 aromatic heterocycles. The maximum atomic E-state index is 4.79. The molecular formula is C11H14NO. The lowest BCUT2D eigenvalue weighted by atomic mass is 10.0. The summed E-state index contributed by atoms with van der Waals surface area (Å²) in [6.07, 6.45) is 0. The third-order valence-corrected chi connectivity index (χ3v) is 1.74. The summed E-state index contributed by atoms with van der Waals surface area (Å²) in [6, 6.07) is 10.8. The highest BCUT2D eigenvalue weighted by atomic mass is 16.6. The minimum Gasteiger partial charge on any atom is -0.399 e. The van der Waals surface area contributed by atoms with Crippen LogP contribution in [0.25, 0.3) is 0 Å². The van der Waals surface area contributed by atoms with Crippen LogP contribution in [0, 0.1) is 12.0 Å². The standard InChI is InChI=1S/C11H14NO/c1-9(2)11(12-13-3)10-7-5-4-6-8-10/h4-5,7-9H,1-3H3/b12-11+. The van der Waals surface area contributed by atoms with Gasteiger partial charge in [0.2, 0.25) is 0 Å². The molecule has 0 N–H and O–H groups in total. The molecule has 1 radical (unpaired) electrons. The normalized spacial score (nSPS) is 11.8.